The van der Waals surface area contributed by atoms with E-state index < -0.39 is 65.8 Å². The monoisotopic (exact) mass is 784 g/mol. The number of nitrogens with two attached hydrogens (primary N) is 5. The molecule has 5 amide bonds. The summed E-state index contributed by atoms with van der Waals surface area (Å²) in [6, 6.07) is -5.97. The van der Waals surface area contributed by atoms with Crippen molar-refractivity contribution in [3.8, 4) is 0 Å². The molecule has 0 radical (unpaired) electrons. The number of nitrogens with one attached hydrogen (secondary N) is 8. The molecule has 0 aromatic carbocycles. The number of carboxylic acids is 1. The summed E-state index contributed by atoms with van der Waals surface area (Å²) in [7, 11) is 0. The smallest absolute Gasteiger partial charge is 0.326 e. The Hall–Kier alpha value is -4.11. The molecule has 0 saturated carbocycles. The van der Waals surface area contributed by atoms with Crippen molar-refractivity contribution in [2.45, 2.75) is 139 Å². The van der Waals surface area contributed by atoms with Gasteiger partial charge in [0.2, 0.25) is 29.5 Å². The van der Waals surface area contributed by atoms with Crippen LogP contribution in [0.15, 0.2) is 0 Å². The van der Waals surface area contributed by atoms with E-state index in [4.69, 9.17) is 34.1 Å². The van der Waals surface area contributed by atoms with Crippen LogP contribution in [0, 0.1) is 5.41 Å². The van der Waals surface area contributed by atoms with E-state index in [1.54, 1.807) is 0 Å². The number of hydrogen-bond acceptors (Lipinski definition) is 12. The summed E-state index contributed by atoms with van der Waals surface area (Å²) in [6.07, 6.45) is 6.91. The van der Waals surface area contributed by atoms with Gasteiger partial charge in [0.1, 0.15) is 30.2 Å². The lowest BCUT2D eigenvalue weighted by atomic mass is 10.0. The highest BCUT2D eigenvalue weighted by Crippen LogP contribution is 2.11. The first-order valence-electron chi connectivity index (χ1n) is 19.7. The number of amides is 5. The maximum Gasteiger partial charge on any atom is 0.326 e. The predicted molar refractivity (Wildman–Crippen MR) is 209 cm³/mol. The van der Waals surface area contributed by atoms with Crippen LogP contribution in [0.25, 0.3) is 0 Å². The van der Waals surface area contributed by atoms with Crippen molar-refractivity contribution in [1.29, 1.82) is 5.41 Å². The summed E-state index contributed by atoms with van der Waals surface area (Å²) in [4.78, 5) is 79.8. The van der Waals surface area contributed by atoms with Gasteiger partial charge in [-0.15, -0.1) is 0 Å². The summed E-state index contributed by atoms with van der Waals surface area (Å²) in [5.41, 5.74) is 28.0. The van der Waals surface area contributed by atoms with E-state index in [1.165, 1.54) is 0 Å². The fourth-order valence-corrected chi connectivity index (χ4v) is 6.10. The van der Waals surface area contributed by atoms with Crippen molar-refractivity contribution in [1.82, 2.24) is 37.2 Å². The summed E-state index contributed by atoms with van der Waals surface area (Å²) in [5.74, 6) is -4.42. The maximum atomic E-state index is 13.9. The number of rotatable bonds is 31. The van der Waals surface area contributed by atoms with Gasteiger partial charge >= 0.3 is 5.97 Å². The van der Waals surface area contributed by atoms with Gasteiger partial charge in [-0.2, -0.15) is 0 Å². The normalized spacial score (nSPS) is 16.5. The van der Waals surface area contributed by atoms with Gasteiger partial charge in [0, 0.05) is 6.54 Å². The second-order valence-corrected chi connectivity index (χ2v) is 13.9. The van der Waals surface area contributed by atoms with Crippen LogP contribution in [0.3, 0.4) is 0 Å². The number of carbonyl (C=O) groups excluding carboxylic acids is 5. The minimum atomic E-state index is -1.24. The van der Waals surface area contributed by atoms with Crippen LogP contribution in [0.5, 0.6) is 0 Å². The van der Waals surface area contributed by atoms with Gasteiger partial charge in [0.05, 0.1) is 6.04 Å². The molecule has 1 fully saturated rings. The third-order valence-electron chi connectivity index (χ3n) is 9.30. The molecule has 19 N–H and O–H groups in total. The van der Waals surface area contributed by atoms with Crippen LogP contribution < -0.4 is 65.9 Å². The molecule has 316 valence electrons. The molecule has 0 aromatic heterocycles. The van der Waals surface area contributed by atoms with Gasteiger partial charge in [-0.05, 0) is 135 Å². The number of guanidine groups is 1. The van der Waals surface area contributed by atoms with E-state index in [-0.39, 0.29) is 50.5 Å². The molecular weight excluding hydrogens is 714 g/mol. The van der Waals surface area contributed by atoms with Crippen molar-refractivity contribution in [3.05, 3.63) is 0 Å². The molecule has 0 bridgehead atoms. The Morgan fingerprint density at radius 1 is 0.582 bits per heavy atom. The average molecular weight is 784 g/mol. The van der Waals surface area contributed by atoms with Crippen LogP contribution in [0.4, 0.5) is 0 Å². The van der Waals surface area contributed by atoms with Gasteiger partial charge in [0.15, 0.2) is 5.96 Å². The van der Waals surface area contributed by atoms with Gasteiger partial charge in [-0.3, -0.25) is 29.4 Å². The van der Waals surface area contributed by atoms with Crippen molar-refractivity contribution >= 4 is 41.5 Å². The molecule has 1 aliphatic heterocycles. The Bertz CT molecular complexity index is 1190. The first-order chi connectivity index (χ1) is 26.4. The van der Waals surface area contributed by atoms with Gasteiger partial charge in [0.25, 0.3) is 0 Å². The van der Waals surface area contributed by atoms with Crippen molar-refractivity contribution in [3.63, 3.8) is 0 Å². The van der Waals surface area contributed by atoms with E-state index in [0.29, 0.717) is 96.9 Å². The van der Waals surface area contributed by atoms with Crippen molar-refractivity contribution in [2.24, 2.45) is 28.7 Å². The second kappa shape index (κ2) is 29.2. The summed E-state index contributed by atoms with van der Waals surface area (Å²) < 4.78 is 0. The zero-order valence-corrected chi connectivity index (χ0v) is 32.3. The zero-order chi connectivity index (χ0) is 41.0. The van der Waals surface area contributed by atoms with Crippen LogP contribution in [0.2, 0.25) is 0 Å². The zero-order valence-electron chi connectivity index (χ0n) is 32.3. The lowest BCUT2D eigenvalue weighted by Gasteiger charge is -2.27. The molecule has 0 spiro atoms. The minimum Gasteiger partial charge on any atom is -0.480 e. The fraction of sp³-hybridized carbons (Fsp3) is 0.800. The highest BCUT2D eigenvalue weighted by molar-refractivity contribution is 5.96. The van der Waals surface area contributed by atoms with Crippen LogP contribution >= 0.6 is 0 Å². The Balaban J connectivity index is 3.26. The number of aliphatic carboxylic acids is 1. The van der Waals surface area contributed by atoms with Crippen LogP contribution in [0.1, 0.15) is 103 Å². The number of carbonyl (C=O) groups is 6. The minimum absolute atomic E-state index is 0.0574. The van der Waals surface area contributed by atoms with E-state index in [2.05, 4.69) is 37.2 Å². The first-order valence-corrected chi connectivity index (χ1v) is 19.7. The number of unbranched alkanes of at least 4 members (excludes halogenated alkanes) is 4. The third kappa shape index (κ3) is 21.0. The molecule has 1 saturated heterocycles. The average Bonchev–Trinajstić information content (AvgIpc) is 3.70. The van der Waals surface area contributed by atoms with E-state index >= 15 is 0 Å². The van der Waals surface area contributed by atoms with Gasteiger partial charge in [-0.1, -0.05) is 0 Å². The third-order valence-corrected chi connectivity index (χ3v) is 9.30. The van der Waals surface area contributed by atoms with Crippen molar-refractivity contribution in [2.75, 3.05) is 39.3 Å². The lowest BCUT2D eigenvalue weighted by Crippen LogP contribution is -2.59. The molecule has 1 heterocycles. The number of hydrogen-bond donors (Lipinski definition) is 14. The van der Waals surface area contributed by atoms with Crippen LogP contribution in [-0.2, 0) is 28.8 Å². The lowest BCUT2D eigenvalue weighted by molar-refractivity contribution is -0.142. The van der Waals surface area contributed by atoms with E-state index in [9.17, 15) is 33.9 Å². The maximum absolute atomic E-state index is 13.9. The molecule has 1 rings (SSSR count). The molecule has 55 heavy (non-hydrogen) atoms. The molecule has 20 nitrogen and oxygen atoms in total. The Morgan fingerprint density at radius 3 is 1.29 bits per heavy atom. The molecule has 20 heteroatoms. The van der Waals surface area contributed by atoms with E-state index in [0.717, 1.165) is 6.42 Å². The number of carboxylic acid groups (broad SMARTS) is 1. The molecule has 0 aliphatic carbocycles. The Morgan fingerprint density at radius 2 is 0.945 bits per heavy atom. The first kappa shape index (κ1) is 48.9. The molecule has 1 aliphatic rings. The largest absolute Gasteiger partial charge is 0.480 e. The van der Waals surface area contributed by atoms with E-state index in [1.807, 2.05) is 0 Å². The highest BCUT2D eigenvalue weighted by Gasteiger charge is 2.33. The molecule has 0 aromatic rings. The standard InChI is InChI=1S/C35H69N13O7/c36-17-5-1-11-24(44-29(49)23-15-9-21-42-23)30(50)45-25(12-2-6-18-37)31(51)46-26(13-3-7-19-38)32(52)47-27(16-10-22-43-35(40)41)33(53)48-28(34(54)55)14-4-8-20-39/h23-28,42H,1-22,36-39H2,(H,44,49)(H,45,50)(H,46,51)(H,47,52)(H,48,53)(H,54,55)(H4,40,41,43)/t23-,24-,25-,26-,27-,28-/m0/s1. The van der Waals surface area contributed by atoms with Crippen molar-refractivity contribution < 1.29 is 33.9 Å². The quantitative estimate of drug-likeness (QED) is 0.0190. The summed E-state index contributed by atoms with van der Waals surface area (Å²) in [6.45, 7) is 2.38. The second-order valence-electron chi connectivity index (χ2n) is 13.9. The summed E-state index contributed by atoms with van der Waals surface area (Å²) >= 11 is 0. The highest BCUT2D eigenvalue weighted by atomic mass is 16.4. The van der Waals surface area contributed by atoms with Gasteiger partial charge < -0.3 is 71.0 Å². The molecule has 6 atom stereocenters. The predicted octanol–water partition coefficient (Wildman–Crippen LogP) is -2.97. The topological polar surface area (TPSA) is 361 Å². The fourth-order valence-electron chi connectivity index (χ4n) is 6.10. The molecular formula is C35H69N13O7. The Labute approximate surface area is 324 Å². The van der Waals surface area contributed by atoms with Crippen LogP contribution in [-0.4, -0.2) is 122 Å². The summed E-state index contributed by atoms with van der Waals surface area (Å²) in [5, 5.41) is 36.5. The Kier molecular flexibility index (Phi) is 26.0. The van der Waals surface area contributed by atoms with Gasteiger partial charge in [-0.25, -0.2) is 4.79 Å². The molecule has 0 unspecified atom stereocenters. The SMILES string of the molecule is N=C(N)NCCC[C@H](NC(=O)[C@H](CCCCN)NC(=O)[C@H](CCCCN)NC(=O)[C@H](CCCCN)NC(=O)[C@@H]1CCCN1)C(=O)N[C@@H](CCCCN)C(=O)O.